The molecule has 0 aliphatic heterocycles. The van der Waals surface area contributed by atoms with Gasteiger partial charge in [-0.05, 0) is 36.6 Å². The van der Waals surface area contributed by atoms with E-state index < -0.39 is 15.7 Å². The van der Waals surface area contributed by atoms with Gasteiger partial charge in [-0.25, -0.2) is 12.8 Å². The second-order valence-electron chi connectivity index (χ2n) is 4.37. The molecule has 19 heavy (non-hydrogen) atoms. The molecule has 0 radical (unpaired) electrons. The summed E-state index contributed by atoms with van der Waals surface area (Å²) >= 11 is 0. The first-order chi connectivity index (χ1) is 9.08. The molecule has 0 saturated carbocycles. The number of benzene rings is 2. The van der Waals surface area contributed by atoms with Crippen LogP contribution in [-0.2, 0) is 16.3 Å². The Balaban J connectivity index is 1.99. The molecular formula is C15H15FO2S. The molecule has 2 nitrogen and oxygen atoms in total. The Morgan fingerprint density at radius 1 is 0.947 bits per heavy atom. The lowest BCUT2D eigenvalue weighted by atomic mass is 10.1. The summed E-state index contributed by atoms with van der Waals surface area (Å²) in [5.41, 5.74) is 1.11. The summed E-state index contributed by atoms with van der Waals surface area (Å²) in [5.74, 6) is -0.491. The number of aryl methyl sites for hydroxylation is 1. The Kier molecular flexibility index (Phi) is 4.32. The first-order valence-electron chi connectivity index (χ1n) is 6.10. The fourth-order valence-corrected chi connectivity index (χ4v) is 3.23. The van der Waals surface area contributed by atoms with E-state index in [9.17, 15) is 12.8 Å². The quantitative estimate of drug-likeness (QED) is 0.841. The number of hydrogen-bond donors (Lipinski definition) is 0. The van der Waals surface area contributed by atoms with E-state index in [-0.39, 0.29) is 10.6 Å². The summed E-state index contributed by atoms with van der Waals surface area (Å²) in [5, 5.41) is 0. The summed E-state index contributed by atoms with van der Waals surface area (Å²) in [6, 6.07) is 14.9. The maximum absolute atomic E-state index is 13.0. The van der Waals surface area contributed by atoms with Crippen LogP contribution in [0.25, 0.3) is 0 Å². The highest BCUT2D eigenvalue weighted by Gasteiger charge is 2.14. The van der Waals surface area contributed by atoms with Crippen LogP contribution in [0.5, 0.6) is 0 Å². The minimum absolute atomic E-state index is 0.0331. The highest BCUT2D eigenvalue weighted by atomic mass is 32.2. The van der Waals surface area contributed by atoms with Crippen molar-refractivity contribution in [3.05, 3.63) is 66.0 Å². The zero-order valence-electron chi connectivity index (χ0n) is 10.4. The normalized spacial score (nSPS) is 11.4. The SMILES string of the molecule is O=S(=O)(CCCc1ccccc1)c1cccc(F)c1. The van der Waals surface area contributed by atoms with E-state index in [1.165, 1.54) is 18.2 Å². The van der Waals surface area contributed by atoms with E-state index >= 15 is 0 Å². The third kappa shape index (κ3) is 3.89. The van der Waals surface area contributed by atoms with Gasteiger partial charge in [-0.3, -0.25) is 0 Å². The first kappa shape index (κ1) is 13.7. The molecule has 2 aromatic carbocycles. The Hall–Kier alpha value is -1.68. The van der Waals surface area contributed by atoms with Crippen molar-refractivity contribution in [3.63, 3.8) is 0 Å². The summed E-state index contributed by atoms with van der Waals surface area (Å²) in [4.78, 5) is 0.0561. The molecule has 0 aromatic heterocycles. The van der Waals surface area contributed by atoms with Crippen molar-refractivity contribution in [2.45, 2.75) is 17.7 Å². The van der Waals surface area contributed by atoms with Gasteiger partial charge in [0.25, 0.3) is 0 Å². The second-order valence-corrected chi connectivity index (χ2v) is 6.47. The zero-order valence-corrected chi connectivity index (χ0v) is 11.2. The molecule has 0 aliphatic rings. The first-order valence-corrected chi connectivity index (χ1v) is 7.75. The second kappa shape index (κ2) is 5.97. The van der Waals surface area contributed by atoms with Crippen LogP contribution >= 0.6 is 0 Å². The van der Waals surface area contributed by atoms with Gasteiger partial charge in [-0.15, -0.1) is 0 Å². The van der Waals surface area contributed by atoms with E-state index in [0.717, 1.165) is 11.6 Å². The van der Waals surface area contributed by atoms with Crippen molar-refractivity contribution in [1.82, 2.24) is 0 Å². The molecule has 0 aliphatic carbocycles. The van der Waals surface area contributed by atoms with Crippen LogP contribution in [0.1, 0.15) is 12.0 Å². The van der Waals surface area contributed by atoms with Crippen LogP contribution in [-0.4, -0.2) is 14.2 Å². The highest BCUT2D eigenvalue weighted by Crippen LogP contribution is 2.14. The predicted molar refractivity (Wildman–Crippen MR) is 73.2 cm³/mol. The van der Waals surface area contributed by atoms with Crippen LogP contribution in [0, 0.1) is 5.82 Å². The average molecular weight is 278 g/mol. The van der Waals surface area contributed by atoms with Gasteiger partial charge in [0.2, 0.25) is 0 Å². The molecule has 100 valence electrons. The van der Waals surface area contributed by atoms with E-state index in [1.807, 2.05) is 30.3 Å². The average Bonchev–Trinajstić information content (AvgIpc) is 2.40. The molecule has 0 spiro atoms. The van der Waals surface area contributed by atoms with Crippen molar-refractivity contribution in [2.75, 3.05) is 5.75 Å². The maximum atomic E-state index is 13.0. The molecule has 2 rings (SSSR count). The fourth-order valence-electron chi connectivity index (χ4n) is 1.89. The molecule has 0 amide bonds. The molecule has 0 unspecified atom stereocenters. The standard InChI is InChI=1S/C15H15FO2S/c16-14-9-4-10-15(12-14)19(17,18)11-5-8-13-6-2-1-3-7-13/h1-4,6-7,9-10,12H,5,8,11H2. The minimum Gasteiger partial charge on any atom is -0.224 e. The third-order valence-electron chi connectivity index (χ3n) is 2.88. The monoisotopic (exact) mass is 278 g/mol. The Morgan fingerprint density at radius 2 is 1.68 bits per heavy atom. The van der Waals surface area contributed by atoms with Crippen LogP contribution < -0.4 is 0 Å². The van der Waals surface area contributed by atoms with Crippen molar-refractivity contribution in [3.8, 4) is 0 Å². The van der Waals surface area contributed by atoms with Crippen molar-refractivity contribution in [2.24, 2.45) is 0 Å². The van der Waals surface area contributed by atoms with Gasteiger partial charge in [0.15, 0.2) is 9.84 Å². The van der Waals surface area contributed by atoms with E-state index in [2.05, 4.69) is 0 Å². The third-order valence-corrected chi connectivity index (χ3v) is 4.67. The number of halogens is 1. The van der Waals surface area contributed by atoms with Gasteiger partial charge in [-0.2, -0.15) is 0 Å². The van der Waals surface area contributed by atoms with Crippen LogP contribution in [0.2, 0.25) is 0 Å². The molecule has 0 fully saturated rings. The Labute approximate surface area is 112 Å². The molecule has 4 heteroatoms. The van der Waals surface area contributed by atoms with Crippen LogP contribution in [0.15, 0.2) is 59.5 Å². The molecule has 0 saturated heterocycles. The predicted octanol–water partition coefficient (Wildman–Crippen LogP) is 3.23. The molecule has 2 aromatic rings. The van der Waals surface area contributed by atoms with Crippen molar-refractivity contribution < 1.29 is 12.8 Å². The summed E-state index contributed by atoms with van der Waals surface area (Å²) < 4.78 is 37.0. The largest absolute Gasteiger partial charge is 0.224 e. The molecule has 0 N–H and O–H groups in total. The molecular weight excluding hydrogens is 263 g/mol. The summed E-state index contributed by atoms with van der Waals surface area (Å²) in [7, 11) is -3.39. The van der Waals surface area contributed by atoms with Gasteiger partial charge >= 0.3 is 0 Å². The lowest BCUT2D eigenvalue weighted by Crippen LogP contribution is -2.08. The number of hydrogen-bond acceptors (Lipinski definition) is 2. The topological polar surface area (TPSA) is 34.1 Å². The number of rotatable bonds is 5. The van der Waals surface area contributed by atoms with Gasteiger partial charge in [0.05, 0.1) is 10.6 Å². The molecule has 0 heterocycles. The minimum atomic E-state index is -3.39. The Bertz CT molecular complexity index is 636. The summed E-state index contributed by atoms with van der Waals surface area (Å²) in [6.07, 6.45) is 1.23. The van der Waals surface area contributed by atoms with Crippen LogP contribution in [0.3, 0.4) is 0 Å². The van der Waals surface area contributed by atoms with Crippen molar-refractivity contribution >= 4 is 9.84 Å². The van der Waals surface area contributed by atoms with Gasteiger partial charge in [0.1, 0.15) is 5.82 Å². The summed E-state index contributed by atoms with van der Waals surface area (Å²) in [6.45, 7) is 0. The van der Waals surface area contributed by atoms with Gasteiger partial charge < -0.3 is 0 Å². The lowest BCUT2D eigenvalue weighted by molar-refractivity contribution is 0.588. The van der Waals surface area contributed by atoms with Gasteiger partial charge in [-0.1, -0.05) is 36.4 Å². The van der Waals surface area contributed by atoms with E-state index in [4.69, 9.17) is 0 Å². The fraction of sp³-hybridized carbons (Fsp3) is 0.200. The zero-order chi connectivity index (χ0) is 13.7. The van der Waals surface area contributed by atoms with Crippen molar-refractivity contribution in [1.29, 1.82) is 0 Å². The van der Waals surface area contributed by atoms with E-state index in [1.54, 1.807) is 0 Å². The van der Waals surface area contributed by atoms with Gasteiger partial charge in [0, 0.05) is 0 Å². The smallest absolute Gasteiger partial charge is 0.178 e. The maximum Gasteiger partial charge on any atom is 0.178 e. The number of sulfone groups is 1. The molecule has 0 bridgehead atoms. The Morgan fingerprint density at radius 3 is 2.37 bits per heavy atom. The highest BCUT2D eigenvalue weighted by molar-refractivity contribution is 7.91. The van der Waals surface area contributed by atoms with Crippen LogP contribution in [0.4, 0.5) is 4.39 Å². The molecule has 0 atom stereocenters. The van der Waals surface area contributed by atoms with E-state index in [0.29, 0.717) is 12.8 Å². The lowest BCUT2D eigenvalue weighted by Gasteiger charge is -2.05.